The van der Waals surface area contributed by atoms with E-state index < -0.39 is 5.76 Å². The van der Waals surface area contributed by atoms with Gasteiger partial charge in [0.2, 0.25) is 0 Å². The van der Waals surface area contributed by atoms with E-state index in [1.807, 2.05) is 31.2 Å². The van der Waals surface area contributed by atoms with Gasteiger partial charge >= 0.3 is 5.76 Å². The van der Waals surface area contributed by atoms with Gasteiger partial charge in [0.25, 0.3) is 0 Å². The van der Waals surface area contributed by atoms with E-state index in [1.54, 1.807) is 18.2 Å². The van der Waals surface area contributed by atoms with Gasteiger partial charge in [0.1, 0.15) is 0 Å². The molecule has 3 rings (SSSR count). The summed E-state index contributed by atoms with van der Waals surface area (Å²) in [6.07, 6.45) is 0.334. The van der Waals surface area contributed by atoms with Crippen LogP contribution >= 0.6 is 0 Å². The lowest BCUT2D eigenvalue weighted by atomic mass is 10.0. The third kappa shape index (κ3) is 2.40. The first-order chi connectivity index (χ1) is 9.61. The van der Waals surface area contributed by atoms with Crippen molar-refractivity contribution in [2.45, 2.75) is 13.3 Å². The van der Waals surface area contributed by atoms with Gasteiger partial charge in [0, 0.05) is 12.0 Å². The van der Waals surface area contributed by atoms with Gasteiger partial charge < -0.3 is 4.42 Å². The maximum absolute atomic E-state index is 12.2. The second-order valence-electron chi connectivity index (χ2n) is 4.81. The van der Waals surface area contributed by atoms with Crippen LogP contribution in [0.1, 0.15) is 21.5 Å². The molecule has 4 nitrogen and oxygen atoms in total. The molecule has 3 aromatic rings. The van der Waals surface area contributed by atoms with Crippen molar-refractivity contribution in [3.63, 3.8) is 0 Å². The van der Waals surface area contributed by atoms with E-state index in [-0.39, 0.29) is 5.78 Å². The Balaban J connectivity index is 1.88. The van der Waals surface area contributed by atoms with Crippen molar-refractivity contribution in [3.05, 3.63) is 69.7 Å². The summed E-state index contributed by atoms with van der Waals surface area (Å²) >= 11 is 0. The fourth-order valence-corrected chi connectivity index (χ4v) is 2.11. The van der Waals surface area contributed by atoms with Crippen molar-refractivity contribution in [1.29, 1.82) is 0 Å². The summed E-state index contributed by atoms with van der Waals surface area (Å²) in [6.45, 7) is 2.01. The predicted octanol–water partition coefficient (Wildman–Crippen LogP) is 2.85. The second kappa shape index (κ2) is 4.81. The molecule has 1 heterocycles. The van der Waals surface area contributed by atoms with Crippen LogP contribution in [0.5, 0.6) is 0 Å². The van der Waals surface area contributed by atoms with E-state index in [0.29, 0.717) is 23.1 Å². The molecule has 0 spiro atoms. The lowest BCUT2D eigenvalue weighted by Crippen LogP contribution is -2.03. The largest absolute Gasteiger partial charge is 0.417 e. The molecule has 0 saturated heterocycles. The van der Waals surface area contributed by atoms with Crippen molar-refractivity contribution >= 4 is 16.9 Å². The normalized spacial score (nSPS) is 10.8. The zero-order chi connectivity index (χ0) is 14.1. The van der Waals surface area contributed by atoms with Gasteiger partial charge in [0.05, 0.1) is 5.52 Å². The molecule has 0 bridgehead atoms. The van der Waals surface area contributed by atoms with E-state index >= 15 is 0 Å². The number of fused-ring (bicyclic) bond motifs is 1. The first-order valence-electron chi connectivity index (χ1n) is 6.33. The van der Waals surface area contributed by atoms with E-state index in [4.69, 9.17) is 4.42 Å². The standard InChI is InChI=1S/C16H13NO3/c1-10-2-4-11(5-3-10)8-14(18)12-6-7-13-15(9-12)20-16(19)17-13/h2-7,9H,8H2,1H3,(H,17,19). The molecule has 2 aromatic carbocycles. The summed E-state index contributed by atoms with van der Waals surface area (Å²) in [5, 5.41) is 0. The molecule has 1 N–H and O–H groups in total. The SMILES string of the molecule is Cc1ccc(CC(=O)c2ccc3[nH]c(=O)oc3c2)cc1. The summed E-state index contributed by atoms with van der Waals surface area (Å²) in [5.41, 5.74) is 3.68. The summed E-state index contributed by atoms with van der Waals surface area (Å²) < 4.78 is 4.96. The molecule has 0 unspecified atom stereocenters. The number of carbonyl (C=O) groups excluding carboxylic acids is 1. The minimum Gasteiger partial charge on any atom is -0.408 e. The predicted molar refractivity (Wildman–Crippen MR) is 76.0 cm³/mol. The Morgan fingerprint density at radius 2 is 1.90 bits per heavy atom. The van der Waals surface area contributed by atoms with Crippen molar-refractivity contribution < 1.29 is 9.21 Å². The van der Waals surface area contributed by atoms with E-state index in [9.17, 15) is 9.59 Å². The van der Waals surface area contributed by atoms with Gasteiger partial charge in [-0.3, -0.25) is 9.78 Å². The minimum absolute atomic E-state index is 0.000368. The molecule has 0 aliphatic rings. The highest BCUT2D eigenvalue weighted by molar-refractivity contribution is 5.99. The maximum atomic E-state index is 12.2. The molecule has 0 fully saturated rings. The number of nitrogens with one attached hydrogen (secondary N) is 1. The first kappa shape index (κ1) is 12.4. The van der Waals surface area contributed by atoms with Gasteiger partial charge in [-0.25, -0.2) is 4.79 Å². The van der Waals surface area contributed by atoms with Gasteiger partial charge in [-0.05, 0) is 30.7 Å². The van der Waals surface area contributed by atoms with Crippen molar-refractivity contribution in [2.75, 3.05) is 0 Å². The monoisotopic (exact) mass is 267 g/mol. The highest BCUT2D eigenvalue weighted by Crippen LogP contribution is 2.15. The van der Waals surface area contributed by atoms with E-state index in [0.717, 1.165) is 11.1 Å². The Bertz CT molecular complexity index is 825. The van der Waals surface area contributed by atoms with Gasteiger partial charge in [-0.1, -0.05) is 29.8 Å². The molecule has 20 heavy (non-hydrogen) atoms. The van der Waals surface area contributed by atoms with Crippen LogP contribution < -0.4 is 5.76 Å². The lowest BCUT2D eigenvalue weighted by Gasteiger charge is -2.02. The van der Waals surface area contributed by atoms with E-state index in [2.05, 4.69) is 4.98 Å². The number of H-pyrrole nitrogens is 1. The Morgan fingerprint density at radius 3 is 2.65 bits per heavy atom. The van der Waals surface area contributed by atoms with E-state index in [1.165, 1.54) is 0 Å². The third-order valence-electron chi connectivity index (χ3n) is 3.23. The molecule has 4 heteroatoms. The molecule has 1 aromatic heterocycles. The zero-order valence-corrected chi connectivity index (χ0v) is 11.0. The van der Waals surface area contributed by atoms with Gasteiger partial charge in [-0.2, -0.15) is 0 Å². The average Bonchev–Trinajstić information content (AvgIpc) is 2.80. The summed E-state index contributed by atoms with van der Waals surface area (Å²) in [5.74, 6) is -0.511. The Labute approximate surface area is 115 Å². The Hall–Kier alpha value is -2.62. The van der Waals surface area contributed by atoms with Crippen LogP contribution in [0.25, 0.3) is 11.1 Å². The average molecular weight is 267 g/mol. The highest BCUT2D eigenvalue weighted by Gasteiger charge is 2.10. The number of hydrogen-bond donors (Lipinski definition) is 1. The number of oxazole rings is 1. The van der Waals surface area contributed by atoms with Crippen LogP contribution in [0.4, 0.5) is 0 Å². The summed E-state index contributed by atoms with van der Waals surface area (Å²) in [7, 11) is 0. The third-order valence-corrected chi connectivity index (χ3v) is 3.23. The fourth-order valence-electron chi connectivity index (χ4n) is 2.11. The molecule has 0 aliphatic carbocycles. The number of carbonyl (C=O) groups is 1. The van der Waals surface area contributed by atoms with Crippen LogP contribution in [0.3, 0.4) is 0 Å². The number of benzene rings is 2. The fraction of sp³-hybridized carbons (Fsp3) is 0.125. The smallest absolute Gasteiger partial charge is 0.408 e. The van der Waals surface area contributed by atoms with Crippen LogP contribution in [-0.2, 0) is 6.42 Å². The van der Waals surface area contributed by atoms with Gasteiger partial charge in [0.15, 0.2) is 11.4 Å². The molecule has 0 radical (unpaired) electrons. The number of Topliss-reactive ketones (excluding diaryl/α,β-unsaturated/α-hetero) is 1. The molecule has 0 aliphatic heterocycles. The molecule has 0 saturated carbocycles. The van der Waals surface area contributed by atoms with Crippen LogP contribution in [0.2, 0.25) is 0 Å². The number of rotatable bonds is 3. The van der Waals surface area contributed by atoms with Crippen molar-refractivity contribution in [2.24, 2.45) is 0 Å². The van der Waals surface area contributed by atoms with Crippen molar-refractivity contribution in [1.82, 2.24) is 4.98 Å². The quantitative estimate of drug-likeness (QED) is 0.742. The number of ketones is 1. The molecule has 100 valence electrons. The molecular weight excluding hydrogens is 254 g/mol. The summed E-state index contributed by atoms with van der Waals surface area (Å²) in [4.78, 5) is 25.9. The zero-order valence-electron chi connectivity index (χ0n) is 11.0. The van der Waals surface area contributed by atoms with Crippen LogP contribution in [-0.4, -0.2) is 10.8 Å². The number of hydrogen-bond acceptors (Lipinski definition) is 3. The number of aromatic amines is 1. The number of aromatic nitrogens is 1. The van der Waals surface area contributed by atoms with Crippen LogP contribution in [0.15, 0.2) is 51.7 Å². The summed E-state index contributed by atoms with van der Waals surface area (Å²) in [6, 6.07) is 12.8. The Kier molecular flexibility index (Phi) is 2.99. The first-order valence-corrected chi connectivity index (χ1v) is 6.33. The maximum Gasteiger partial charge on any atom is 0.417 e. The number of aryl methyl sites for hydroxylation is 1. The minimum atomic E-state index is -0.511. The Morgan fingerprint density at radius 1 is 1.15 bits per heavy atom. The topological polar surface area (TPSA) is 63.1 Å². The molecule has 0 amide bonds. The van der Waals surface area contributed by atoms with Crippen LogP contribution in [0, 0.1) is 6.92 Å². The highest BCUT2D eigenvalue weighted by atomic mass is 16.4. The van der Waals surface area contributed by atoms with Gasteiger partial charge in [-0.15, -0.1) is 0 Å². The van der Waals surface area contributed by atoms with Crippen molar-refractivity contribution in [3.8, 4) is 0 Å². The lowest BCUT2D eigenvalue weighted by molar-refractivity contribution is 0.0993. The molecule has 0 atom stereocenters. The second-order valence-corrected chi connectivity index (χ2v) is 4.81. The molecular formula is C16H13NO3.